The van der Waals surface area contributed by atoms with E-state index in [1.165, 1.54) is 6.92 Å². The highest BCUT2D eigenvalue weighted by Gasteiger charge is 2.07. The van der Waals surface area contributed by atoms with E-state index in [0.29, 0.717) is 5.57 Å². The van der Waals surface area contributed by atoms with Crippen molar-refractivity contribution < 1.29 is 8.78 Å². The standard InChI is InChI=1S/C7H10F2/c1-5(2)7(9)4-6(3)8/h7H,1,3-4H2,2H3. The second kappa shape index (κ2) is 3.38. The van der Waals surface area contributed by atoms with Gasteiger partial charge in [-0.15, -0.1) is 0 Å². The molecule has 0 aliphatic heterocycles. The highest BCUT2D eigenvalue weighted by Crippen LogP contribution is 2.13. The fourth-order valence-electron chi connectivity index (χ4n) is 0.369. The van der Waals surface area contributed by atoms with Gasteiger partial charge in [-0.05, 0) is 12.5 Å². The van der Waals surface area contributed by atoms with Gasteiger partial charge in [0.15, 0.2) is 0 Å². The minimum Gasteiger partial charge on any atom is -0.242 e. The number of halogens is 2. The molecule has 52 valence electrons. The highest BCUT2D eigenvalue weighted by atomic mass is 19.1. The highest BCUT2D eigenvalue weighted by molar-refractivity contribution is 5.01. The van der Waals surface area contributed by atoms with Crippen molar-refractivity contribution in [3.63, 3.8) is 0 Å². The van der Waals surface area contributed by atoms with Gasteiger partial charge in [-0.1, -0.05) is 13.2 Å². The molecule has 1 unspecified atom stereocenters. The lowest BCUT2D eigenvalue weighted by molar-refractivity contribution is 0.358. The third-order valence-corrected chi connectivity index (χ3v) is 0.935. The quantitative estimate of drug-likeness (QED) is 0.518. The Hall–Kier alpha value is -0.660. The fraction of sp³-hybridized carbons (Fsp3) is 0.429. The summed E-state index contributed by atoms with van der Waals surface area (Å²) in [5.41, 5.74) is 0.341. The molecule has 0 heterocycles. The summed E-state index contributed by atoms with van der Waals surface area (Å²) >= 11 is 0. The Balaban J connectivity index is 3.63. The average molecular weight is 132 g/mol. The van der Waals surface area contributed by atoms with E-state index in [9.17, 15) is 8.78 Å². The summed E-state index contributed by atoms with van der Waals surface area (Å²) in [4.78, 5) is 0. The van der Waals surface area contributed by atoms with E-state index >= 15 is 0 Å². The molecule has 0 fully saturated rings. The van der Waals surface area contributed by atoms with Crippen LogP contribution >= 0.6 is 0 Å². The Morgan fingerprint density at radius 2 is 2.00 bits per heavy atom. The molecule has 0 rings (SSSR count). The van der Waals surface area contributed by atoms with Crippen LogP contribution in [-0.2, 0) is 0 Å². The smallest absolute Gasteiger partial charge is 0.127 e. The zero-order valence-corrected chi connectivity index (χ0v) is 5.45. The van der Waals surface area contributed by atoms with Gasteiger partial charge in [0.2, 0.25) is 0 Å². The molecule has 0 aromatic carbocycles. The Morgan fingerprint density at radius 3 is 2.11 bits per heavy atom. The van der Waals surface area contributed by atoms with E-state index in [0.717, 1.165) is 0 Å². The summed E-state index contributed by atoms with van der Waals surface area (Å²) in [5.74, 6) is -0.634. The van der Waals surface area contributed by atoms with E-state index in [1.807, 2.05) is 0 Å². The molecule has 0 aliphatic carbocycles. The van der Waals surface area contributed by atoms with Gasteiger partial charge in [-0.3, -0.25) is 0 Å². The van der Waals surface area contributed by atoms with Crippen molar-refractivity contribution in [1.82, 2.24) is 0 Å². The molecule has 0 amide bonds. The van der Waals surface area contributed by atoms with Crippen molar-refractivity contribution in [2.75, 3.05) is 0 Å². The van der Waals surface area contributed by atoms with Crippen molar-refractivity contribution in [2.45, 2.75) is 19.5 Å². The number of hydrogen-bond acceptors (Lipinski definition) is 0. The van der Waals surface area contributed by atoms with Crippen LogP contribution in [0.15, 0.2) is 24.6 Å². The number of rotatable bonds is 3. The van der Waals surface area contributed by atoms with Gasteiger partial charge in [-0.2, -0.15) is 0 Å². The average Bonchev–Trinajstić information content (AvgIpc) is 1.63. The third kappa shape index (κ3) is 3.88. The molecule has 0 bridgehead atoms. The van der Waals surface area contributed by atoms with E-state index in [4.69, 9.17) is 0 Å². The summed E-state index contributed by atoms with van der Waals surface area (Å²) in [6.07, 6.45) is -1.53. The van der Waals surface area contributed by atoms with Gasteiger partial charge in [0.1, 0.15) is 6.17 Å². The van der Waals surface area contributed by atoms with Crippen molar-refractivity contribution in [1.29, 1.82) is 0 Å². The molecule has 0 nitrogen and oxygen atoms in total. The minimum atomic E-state index is -1.28. The van der Waals surface area contributed by atoms with Crippen LogP contribution in [0.3, 0.4) is 0 Å². The summed E-state index contributed by atoms with van der Waals surface area (Å²) in [6.45, 7) is 7.78. The first-order valence-electron chi connectivity index (χ1n) is 2.66. The molecule has 0 saturated carbocycles. The third-order valence-electron chi connectivity index (χ3n) is 0.935. The van der Waals surface area contributed by atoms with E-state index in [1.54, 1.807) is 0 Å². The van der Waals surface area contributed by atoms with Crippen LogP contribution in [0, 0.1) is 0 Å². The monoisotopic (exact) mass is 132 g/mol. The van der Waals surface area contributed by atoms with Crippen molar-refractivity contribution in [3.05, 3.63) is 24.6 Å². The SMILES string of the molecule is C=C(F)CC(F)C(=C)C. The van der Waals surface area contributed by atoms with Gasteiger partial charge in [0.05, 0.1) is 5.83 Å². The van der Waals surface area contributed by atoms with Gasteiger partial charge >= 0.3 is 0 Å². The largest absolute Gasteiger partial charge is 0.242 e. The van der Waals surface area contributed by atoms with Crippen LogP contribution in [0.4, 0.5) is 8.78 Å². The number of hydrogen-bond donors (Lipinski definition) is 0. The maximum absolute atomic E-state index is 12.4. The second-order valence-corrected chi connectivity index (χ2v) is 2.04. The molecule has 0 aromatic rings. The van der Waals surface area contributed by atoms with E-state index in [-0.39, 0.29) is 6.42 Å². The summed E-state index contributed by atoms with van der Waals surface area (Å²) in [5, 5.41) is 0. The Labute approximate surface area is 53.9 Å². The van der Waals surface area contributed by atoms with Gasteiger partial charge in [0.25, 0.3) is 0 Å². The van der Waals surface area contributed by atoms with Crippen LogP contribution in [0.1, 0.15) is 13.3 Å². The van der Waals surface area contributed by atoms with Gasteiger partial charge in [-0.25, -0.2) is 8.78 Å². The Bertz CT molecular complexity index is 127. The Kier molecular flexibility index (Phi) is 3.13. The zero-order valence-electron chi connectivity index (χ0n) is 5.45. The molecule has 0 N–H and O–H groups in total. The molecule has 2 heteroatoms. The molecule has 0 saturated heterocycles. The first kappa shape index (κ1) is 8.34. The van der Waals surface area contributed by atoms with Gasteiger partial charge < -0.3 is 0 Å². The van der Waals surface area contributed by atoms with Crippen LogP contribution in [0.2, 0.25) is 0 Å². The van der Waals surface area contributed by atoms with Crippen LogP contribution < -0.4 is 0 Å². The lowest BCUT2D eigenvalue weighted by Crippen LogP contribution is -1.99. The molecule has 0 aliphatic rings. The molecule has 0 aromatic heterocycles. The Morgan fingerprint density at radius 1 is 1.56 bits per heavy atom. The van der Waals surface area contributed by atoms with Crippen molar-refractivity contribution in [3.8, 4) is 0 Å². The molecule has 1 atom stereocenters. The molecule has 0 spiro atoms. The molecule has 0 radical (unpaired) electrons. The molecule has 9 heavy (non-hydrogen) atoms. The molecular weight excluding hydrogens is 122 g/mol. The van der Waals surface area contributed by atoms with Crippen LogP contribution in [-0.4, -0.2) is 6.17 Å². The first-order valence-corrected chi connectivity index (χ1v) is 2.66. The molecular formula is C7H10F2. The lowest BCUT2D eigenvalue weighted by Gasteiger charge is -2.02. The van der Waals surface area contributed by atoms with E-state index in [2.05, 4.69) is 13.2 Å². The number of alkyl halides is 1. The summed E-state index contributed by atoms with van der Waals surface area (Å²) in [6, 6.07) is 0. The van der Waals surface area contributed by atoms with Crippen LogP contribution in [0.5, 0.6) is 0 Å². The zero-order chi connectivity index (χ0) is 7.44. The predicted octanol–water partition coefficient (Wildman–Crippen LogP) is 2.77. The fourth-order valence-corrected chi connectivity index (χ4v) is 0.369. The topological polar surface area (TPSA) is 0 Å². The van der Waals surface area contributed by atoms with Crippen molar-refractivity contribution in [2.24, 2.45) is 0 Å². The van der Waals surface area contributed by atoms with Crippen molar-refractivity contribution >= 4 is 0 Å². The maximum Gasteiger partial charge on any atom is 0.127 e. The lowest BCUT2D eigenvalue weighted by atomic mass is 10.1. The summed E-state index contributed by atoms with van der Waals surface area (Å²) in [7, 11) is 0. The normalized spacial score (nSPS) is 12.8. The first-order chi connectivity index (χ1) is 4.04. The second-order valence-electron chi connectivity index (χ2n) is 2.04. The van der Waals surface area contributed by atoms with Crippen LogP contribution in [0.25, 0.3) is 0 Å². The van der Waals surface area contributed by atoms with Gasteiger partial charge in [0, 0.05) is 6.42 Å². The van der Waals surface area contributed by atoms with E-state index < -0.39 is 12.0 Å². The number of allylic oxidation sites excluding steroid dienone is 2. The summed E-state index contributed by atoms with van der Waals surface area (Å²) < 4.78 is 24.2. The maximum atomic E-state index is 12.4. The predicted molar refractivity (Wildman–Crippen MR) is 34.6 cm³/mol. The minimum absolute atomic E-state index is 0.255.